The minimum absolute atomic E-state index is 0.0664. The van der Waals surface area contributed by atoms with Crippen LogP contribution < -0.4 is 20.7 Å². The predicted octanol–water partition coefficient (Wildman–Crippen LogP) is 2.12. The number of fused-ring (bicyclic) bond motifs is 4. The number of benzene rings is 2. The zero-order chi connectivity index (χ0) is 26.0. The van der Waals surface area contributed by atoms with Crippen molar-refractivity contribution in [3.05, 3.63) is 59.2 Å². The first-order valence-electron chi connectivity index (χ1n) is 13.0. The first-order chi connectivity index (χ1) is 18.1. The highest BCUT2D eigenvalue weighted by molar-refractivity contribution is 5.95. The highest BCUT2D eigenvalue weighted by Crippen LogP contribution is 2.21. The van der Waals surface area contributed by atoms with Gasteiger partial charge < -0.3 is 40.0 Å². The topological polar surface area (TPSA) is 110 Å². The lowest BCUT2D eigenvalue weighted by atomic mass is 9.95. The average Bonchev–Trinajstić information content (AvgIpc) is 2.90. The molecule has 4 rings (SSSR count). The number of nitrogens with one attached hydrogen (secondary N) is 3. The number of aliphatic hydroxyl groups excluding tert-OH is 1. The van der Waals surface area contributed by atoms with Crippen molar-refractivity contribution >= 4 is 11.6 Å². The molecule has 1 amide bonds. The van der Waals surface area contributed by atoms with Gasteiger partial charge in [0.25, 0.3) is 5.91 Å². The maximum absolute atomic E-state index is 13.5. The molecule has 2 heterocycles. The SMILES string of the molecule is COCc1cc2cc(c1)C(=O)N[C@H]([C@H](O)[C@H]1CO[C@@H](COC)CN1)Cc1cccc(c1)OCCCCN2. The molecule has 0 radical (unpaired) electrons. The van der Waals surface area contributed by atoms with E-state index in [2.05, 4.69) is 16.0 Å². The standard InChI is InChI=1S/C28H39N3O6/c1-34-16-20-10-21-14-22(11-20)29-8-3-4-9-36-23-7-5-6-19(12-23)13-25(31-28(21)33)27(32)26-18-37-24(15-30-26)17-35-2/h5-7,10-12,14,24-27,29-30,32H,3-4,8-9,13,15-18H2,1-2H3,(H,31,33)/t24-,25+,26-,27+/m1/s1. The van der Waals surface area contributed by atoms with E-state index in [0.29, 0.717) is 45.0 Å². The van der Waals surface area contributed by atoms with Gasteiger partial charge in [-0.25, -0.2) is 0 Å². The second-order valence-electron chi connectivity index (χ2n) is 9.68. The van der Waals surface area contributed by atoms with Gasteiger partial charge in [0, 0.05) is 38.6 Å². The maximum atomic E-state index is 13.5. The van der Waals surface area contributed by atoms with Crippen LogP contribution in [-0.4, -0.2) is 82.4 Å². The highest BCUT2D eigenvalue weighted by atomic mass is 16.5. The summed E-state index contributed by atoms with van der Waals surface area (Å²) in [5, 5.41) is 21.3. The van der Waals surface area contributed by atoms with E-state index in [1.807, 2.05) is 42.5 Å². The molecule has 4 N–H and O–H groups in total. The van der Waals surface area contributed by atoms with E-state index < -0.39 is 12.1 Å². The van der Waals surface area contributed by atoms with E-state index in [-0.39, 0.29) is 18.1 Å². The molecule has 1 saturated heterocycles. The summed E-state index contributed by atoms with van der Waals surface area (Å²) < 4.78 is 22.4. The van der Waals surface area contributed by atoms with Crippen molar-refractivity contribution in [1.29, 1.82) is 0 Å². The van der Waals surface area contributed by atoms with Crippen LogP contribution in [-0.2, 0) is 27.2 Å². The van der Waals surface area contributed by atoms with E-state index in [0.717, 1.165) is 42.0 Å². The van der Waals surface area contributed by atoms with Crippen LogP contribution in [0.3, 0.4) is 0 Å². The number of hydrogen-bond acceptors (Lipinski definition) is 8. The summed E-state index contributed by atoms with van der Waals surface area (Å²) in [7, 11) is 3.27. The Kier molecular flexibility index (Phi) is 10.2. The molecular weight excluding hydrogens is 474 g/mol. The molecule has 9 nitrogen and oxygen atoms in total. The number of ether oxygens (including phenoxy) is 4. The number of methoxy groups -OCH3 is 2. The Morgan fingerprint density at radius 2 is 2.00 bits per heavy atom. The Balaban J connectivity index is 1.59. The number of carbonyl (C=O) groups is 1. The van der Waals surface area contributed by atoms with Crippen LogP contribution in [0.1, 0.15) is 34.3 Å². The molecule has 202 valence electrons. The van der Waals surface area contributed by atoms with Gasteiger partial charge in [0.15, 0.2) is 0 Å². The minimum atomic E-state index is -0.879. The number of carbonyl (C=O) groups excluding carboxylic acids is 1. The molecule has 0 spiro atoms. The Morgan fingerprint density at radius 1 is 1.11 bits per heavy atom. The number of anilines is 1. The van der Waals surface area contributed by atoms with E-state index >= 15 is 0 Å². The molecule has 2 aliphatic heterocycles. The third-order valence-electron chi connectivity index (χ3n) is 6.70. The Bertz CT molecular complexity index is 1010. The number of hydrogen-bond donors (Lipinski definition) is 4. The largest absolute Gasteiger partial charge is 0.494 e. The molecule has 2 aliphatic rings. The van der Waals surface area contributed by atoms with Crippen molar-refractivity contribution in [3.63, 3.8) is 0 Å². The second kappa shape index (κ2) is 13.7. The molecule has 0 unspecified atom stereocenters. The monoisotopic (exact) mass is 513 g/mol. The molecule has 0 saturated carbocycles. The lowest BCUT2D eigenvalue weighted by Crippen LogP contribution is -2.59. The number of amides is 1. The van der Waals surface area contributed by atoms with Crippen molar-refractivity contribution in [1.82, 2.24) is 10.6 Å². The predicted molar refractivity (Wildman–Crippen MR) is 141 cm³/mol. The molecule has 0 aromatic heterocycles. The first kappa shape index (κ1) is 27.3. The zero-order valence-corrected chi connectivity index (χ0v) is 21.7. The number of morpholine rings is 1. The van der Waals surface area contributed by atoms with E-state index in [9.17, 15) is 9.90 Å². The quantitative estimate of drug-likeness (QED) is 0.465. The van der Waals surface area contributed by atoms with Gasteiger partial charge in [-0.2, -0.15) is 0 Å². The van der Waals surface area contributed by atoms with Gasteiger partial charge in [0.1, 0.15) is 5.75 Å². The molecule has 4 bridgehead atoms. The van der Waals surface area contributed by atoms with Gasteiger partial charge in [0.05, 0.1) is 50.7 Å². The first-order valence-corrected chi connectivity index (χ1v) is 13.0. The second-order valence-corrected chi connectivity index (χ2v) is 9.68. The summed E-state index contributed by atoms with van der Waals surface area (Å²) in [6.45, 7) is 3.15. The summed E-state index contributed by atoms with van der Waals surface area (Å²) >= 11 is 0. The highest BCUT2D eigenvalue weighted by Gasteiger charge is 2.33. The van der Waals surface area contributed by atoms with Gasteiger partial charge in [-0.1, -0.05) is 12.1 Å². The van der Waals surface area contributed by atoms with Gasteiger partial charge in [-0.3, -0.25) is 4.79 Å². The third kappa shape index (κ3) is 7.90. The molecule has 37 heavy (non-hydrogen) atoms. The Morgan fingerprint density at radius 3 is 2.78 bits per heavy atom. The van der Waals surface area contributed by atoms with E-state index in [1.165, 1.54) is 0 Å². The van der Waals surface area contributed by atoms with Crippen LogP contribution in [0.5, 0.6) is 5.75 Å². The summed E-state index contributed by atoms with van der Waals surface area (Å²) in [6.07, 6.45) is 1.33. The van der Waals surface area contributed by atoms with Gasteiger partial charge in [-0.15, -0.1) is 0 Å². The van der Waals surface area contributed by atoms with Crippen LogP contribution in [0.25, 0.3) is 0 Å². The summed E-state index contributed by atoms with van der Waals surface area (Å²) in [6, 6.07) is 12.6. The lowest BCUT2D eigenvalue weighted by Gasteiger charge is -2.36. The maximum Gasteiger partial charge on any atom is 0.251 e. The van der Waals surface area contributed by atoms with Gasteiger partial charge in [0.2, 0.25) is 0 Å². The fraction of sp³-hybridized carbons (Fsp3) is 0.536. The fourth-order valence-electron chi connectivity index (χ4n) is 4.78. The van der Waals surface area contributed by atoms with E-state index in [4.69, 9.17) is 18.9 Å². The molecule has 2 aromatic rings. The van der Waals surface area contributed by atoms with Crippen molar-refractivity contribution in [2.45, 2.75) is 50.2 Å². The Labute approximate surface area is 218 Å². The van der Waals surface area contributed by atoms with Crippen molar-refractivity contribution < 1.29 is 28.8 Å². The summed E-state index contributed by atoms with van der Waals surface area (Å²) in [5.74, 6) is 0.534. The third-order valence-corrected chi connectivity index (χ3v) is 6.70. The van der Waals surface area contributed by atoms with Crippen LogP contribution in [0.4, 0.5) is 5.69 Å². The lowest BCUT2D eigenvalue weighted by molar-refractivity contribution is -0.0630. The molecule has 4 atom stereocenters. The van der Waals surface area contributed by atoms with Gasteiger partial charge in [-0.05, 0) is 60.7 Å². The molecule has 1 fully saturated rings. The zero-order valence-electron chi connectivity index (χ0n) is 21.7. The normalized spacial score (nSPS) is 23.9. The molecule has 9 heteroatoms. The van der Waals surface area contributed by atoms with Gasteiger partial charge >= 0.3 is 0 Å². The number of rotatable bonds is 6. The molecular formula is C28H39N3O6. The molecule has 2 aromatic carbocycles. The van der Waals surface area contributed by atoms with Crippen LogP contribution in [0.15, 0.2) is 42.5 Å². The smallest absolute Gasteiger partial charge is 0.251 e. The fourth-order valence-corrected chi connectivity index (χ4v) is 4.78. The van der Waals surface area contributed by atoms with Crippen molar-refractivity contribution in [2.24, 2.45) is 0 Å². The van der Waals surface area contributed by atoms with Crippen LogP contribution in [0, 0.1) is 0 Å². The van der Waals surface area contributed by atoms with E-state index in [1.54, 1.807) is 14.2 Å². The summed E-state index contributed by atoms with van der Waals surface area (Å²) in [5.41, 5.74) is 3.25. The van der Waals surface area contributed by atoms with Crippen molar-refractivity contribution in [2.75, 3.05) is 52.4 Å². The van der Waals surface area contributed by atoms with Crippen LogP contribution in [0.2, 0.25) is 0 Å². The summed E-state index contributed by atoms with van der Waals surface area (Å²) in [4.78, 5) is 13.5. The average molecular weight is 514 g/mol. The number of aliphatic hydroxyl groups is 1. The molecule has 0 aliphatic carbocycles. The van der Waals surface area contributed by atoms with Crippen molar-refractivity contribution in [3.8, 4) is 5.75 Å². The Hall–Kier alpha value is -2.69. The minimum Gasteiger partial charge on any atom is -0.494 e. The van der Waals surface area contributed by atoms with Crippen LogP contribution >= 0.6 is 0 Å².